The highest BCUT2D eigenvalue weighted by molar-refractivity contribution is 5.64. The molecule has 0 bridgehead atoms. The molecular formula is C26H29N7O4. The lowest BCUT2D eigenvalue weighted by Gasteiger charge is -2.26. The van der Waals surface area contributed by atoms with Crippen LogP contribution in [0.25, 0.3) is 23.0 Å². The number of fused-ring (bicyclic) bond motifs is 1. The van der Waals surface area contributed by atoms with E-state index < -0.39 is 0 Å². The predicted octanol–water partition coefficient (Wildman–Crippen LogP) is 0.488. The van der Waals surface area contributed by atoms with Gasteiger partial charge in [-0.15, -0.1) is 0 Å². The van der Waals surface area contributed by atoms with Crippen LogP contribution < -0.4 is 16.3 Å². The molecule has 0 aromatic carbocycles. The summed E-state index contributed by atoms with van der Waals surface area (Å²) in [6.45, 7) is 5.36. The molecule has 11 nitrogen and oxygen atoms in total. The normalized spacial score (nSPS) is 17.7. The average Bonchev–Trinajstić information content (AvgIpc) is 3.56. The highest BCUT2D eigenvalue weighted by atomic mass is 16.5. The molecule has 3 N–H and O–H groups in total. The Kier molecular flexibility index (Phi) is 6.23. The summed E-state index contributed by atoms with van der Waals surface area (Å²) in [5.41, 5.74) is 2.85. The first-order valence-corrected chi connectivity index (χ1v) is 12.6. The molecule has 1 aliphatic heterocycles. The van der Waals surface area contributed by atoms with E-state index in [0.29, 0.717) is 52.2 Å². The molecule has 0 atom stereocenters. The molecule has 192 valence electrons. The molecule has 1 aliphatic carbocycles. The number of rotatable bonds is 7. The predicted molar refractivity (Wildman–Crippen MR) is 136 cm³/mol. The summed E-state index contributed by atoms with van der Waals surface area (Å²) in [7, 11) is 0. The van der Waals surface area contributed by atoms with E-state index in [1.165, 1.54) is 18.9 Å². The van der Waals surface area contributed by atoms with Crippen molar-refractivity contribution in [1.29, 1.82) is 0 Å². The maximum atomic E-state index is 12.9. The molecule has 0 spiro atoms. The second-order valence-corrected chi connectivity index (χ2v) is 9.62. The van der Waals surface area contributed by atoms with Crippen molar-refractivity contribution in [2.24, 2.45) is 10.9 Å². The van der Waals surface area contributed by atoms with Crippen molar-refractivity contribution in [2.45, 2.75) is 19.4 Å². The topological polar surface area (TPSA) is 133 Å². The quantitative estimate of drug-likeness (QED) is 0.334. The molecule has 1 saturated carbocycles. The second-order valence-electron chi connectivity index (χ2n) is 9.62. The summed E-state index contributed by atoms with van der Waals surface area (Å²) in [6, 6.07) is 6.80. The van der Waals surface area contributed by atoms with Crippen molar-refractivity contribution in [3.05, 3.63) is 63.3 Å². The minimum atomic E-state index is -0.146. The number of morpholine rings is 1. The van der Waals surface area contributed by atoms with Gasteiger partial charge in [-0.25, -0.2) is 4.98 Å². The summed E-state index contributed by atoms with van der Waals surface area (Å²) in [4.78, 5) is 27.3. The van der Waals surface area contributed by atoms with Crippen LogP contribution >= 0.6 is 0 Å². The van der Waals surface area contributed by atoms with Crippen molar-refractivity contribution in [3.8, 4) is 23.0 Å². The molecule has 6 rings (SSSR count). The first kappa shape index (κ1) is 23.4. The number of pyridine rings is 1. The third kappa shape index (κ3) is 5.13. The fourth-order valence-corrected chi connectivity index (χ4v) is 4.50. The van der Waals surface area contributed by atoms with Gasteiger partial charge < -0.3 is 19.5 Å². The molecular weight excluding hydrogens is 474 g/mol. The smallest absolute Gasteiger partial charge is 0.251 e. The monoisotopic (exact) mass is 503 g/mol. The molecule has 1 saturated heterocycles. The number of nitrogens with zero attached hydrogens (tertiary/aromatic N) is 6. The van der Waals surface area contributed by atoms with Crippen LogP contribution in [-0.4, -0.2) is 78.7 Å². The van der Waals surface area contributed by atoms with Crippen LogP contribution in [0.3, 0.4) is 0 Å². The largest absolute Gasteiger partial charge is 0.494 e. The van der Waals surface area contributed by atoms with E-state index in [1.54, 1.807) is 27.4 Å². The third-order valence-electron chi connectivity index (χ3n) is 6.86. The Morgan fingerprint density at radius 3 is 2.73 bits per heavy atom. The molecule has 0 unspecified atom stereocenters. The number of ether oxygens (including phenoxy) is 1. The zero-order valence-electron chi connectivity index (χ0n) is 20.4. The number of aromatic hydroxyl groups is 2. The maximum Gasteiger partial charge on any atom is 0.251 e. The molecule has 5 heterocycles. The molecule has 37 heavy (non-hydrogen) atoms. The zero-order chi connectivity index (χ0) is 25.4. The Morgan fingerprint density at radius 2 is 2.00 bits per heavy atom. The SMILES string of the molecule is O=c1cc(-c2cc(=NCC3CC3)n3ncc(=Cc4cc(O)[nH]c4O)c3n2)ccn1CCN1CCOCC1. The van der Waals surface area contributed by atoms with Crippen molar-refractivity contribution < 1.29 is 14.9 Å². The summed E-state index contributed by atoms with van der Waals surface area (Å²) < 4.78 is 8.79. The van der Waals surface area contributed by atoms with Crippen molar-refractivity contribution in [1.82, 2.24) is 29.0 Å². The summed E-state index contributed by atoms with van der Waals surface area (Å²) >= 11 is 0. The second kappa shape index (κ2) is 9.83. The van der Waals surface area contributed by atoms with Gasteiger partial charge in [-0.3, -0.25) is 19.7 Å². The van der Waals surface area contributed by atoms with Gasteiger partial charge in [-0.2, -0.15) is 9.61 Å². The summed E-state index contributed by atoms with van der Waals surface area (Å²) in [5, 5.41) is 24.9. The van der Waals surface area contributed by atoms with Crippen LogP contribution in [0.15, 0.2) is 46.4 Å². The highest BCUT2D eigenvalue weighted by Gasteiger charge is 2.20. The Hall–Kier alpha value is -3.96. The average molecular weight is 504 g/mol. The third-order valence-corrected chi connectivity index (χ3v) is 6.86. The molecule has 4 aromatic heterocycles. The van der Waals surface area contributed by atoms with Crippen LogP contribution in [-0.2, 0) is 11.3 Å². The number of hydrogen-bond donors (Lipinski definition) is 3. The zero-order valence-corrected chi connectivity index (χ0v) is 20.4. The molecule has 2 fully saturated rings. The van der Waals surface area contributed by atoms with Gasteiger partial charge in [0.1, 0.15) is 0 Å². The number of nitrogens with one attached hydrogen (secondary N) is 1. The number of aromatic amines is 1. The van der Waals surface area contributed by atoms with Gasteiger partial charge in [-0.1, -0.05) is 0 Å². The molecule has 4 aromatic rings. The van der Waals surface area contributed by atoms with Gasteiger partial charge in [0.2, 0.25) is 0 Å². The van der Waals surface area contributed by atoms with Gasteiger partial charge in [0.25, 0.3) is 5.56 Å². The lowest BCUT2D eigenvalue weighted by atomic mass is 10.2. The molecule has 0 amide bonds. The number of hydrogen-bond acceptors (Lipinski definition) is 8. The van der Waals surface area contributed by atoms with Crippen LogP contribution in [0.2, 0.25) is 0 Å². The Morgan fingerprint density at radius 1 is 1.16 bits per heavy atom. The molecule has 11 heteroatoms. The van der Waals surface area contributed by atoms with Gasteiger partial charge in [0.05, 0.1) is 25.1 Å². The standard InChI is InChI=1S/C26H29N7O4/c34-23-12-19(26(36)30-23)11-20-16-28-33-22(27-15-17-1-2-17)14-21(29-25(20)33)18-3-4-32(24(35)13-18)6-5-31-7-9-37-10-8-31/h3-4,11-14,16-17,30,34,36H,1-2,5-10,15H2. The van der Waals surface area contributed by atoms with E-state index in [0.717, 1.165) is 32.8 Å². The molecule has 2 aliphatic rings. The van der Waals surface area contributed by atoms with E-state index in [2.05, 4.69) is 15.0 Å². The van der Waals surface area contributed by atoms with Gasteiger partial charge in [0.15, 0.2) is 22.9 Å². The van der Waals surface area contributed by atoms with Crippen molar-refractivity contribution in [3.63, 3.8) is 0 Å². The summed E-state index contributed by atoms with van der Waals surface area (Å²) in [5.74, 6) is 0.318. The number of H-pyrrole nitrogens is 1. The lowest BCUT2D eigenvalue weighted by Crippen LogP contribution is -2.39. The fourth-order valence-electron chi connectivity index (χ4n) is 4.50. The van der Waals surface area contributed by atoms with Crippen molar-refractivity contribution in [2.75, 3.05) is 39.4 Å². The van der Waals surface area contributed by atoms with Gasteiger partial charge >= 0.3 is 0 Å². The number of aromatic nitrogens is 5. The van der Waals surface area contributed by atoms with Gasteiger partial charge in [0, 0.05) is 73.5 Å². The Balaban J connectivity index is 1.38. The van der Waals surface area contributed by atoms with Crippen molar-refractivity contribution >= 4 is 11.7 Å². The van der Waals surface area contributed by atoms with Crippen LogP contribution in [0, 0.1) is 5.92 Å². The van der Waals surface area contributed by atoms with E-state index in [-0.39, 0.29) is 17.3 Å². The Labute approximate surface area is 212 Å². The van der Waals surface area contributed by atoms with Crippen LogP contribution in [0.1, 0.15) is 18.4 Å². The maximum absolute atomic E-state index is 12.9. The highest BCUT2D eigenvalue weighted by Crippen LogP contribution is 2.28. The van der Waals surface area contributed by atoms with Gasteiger partial charge in [-0.05, 0) is 30.9 Å². The van der Waals surface area contributed by atoms with Crippen LogP contribution in [0.4, 0.5) is 0 Å². The fraction of sp³-hybridized carbons (Fsp3) is 0.385. The van der Waals surface area contributed by atoms with E-state index >= 15 is 0 Å². The first-order chi connectivity index (χ1) is 18.0. The first-order valence-electron chi connectivity index (χ1n) is 12.6. The summed E-state index contributed by atoms with van der Waals surface area (Å²) in [6.07, 6.45) is 7.52. The molecule has 0 radical (unpaired) electrons. The van der Waals surface area contributed by atoms with Crippen LogP contribution in [0.5, 0.6) is 11.8 Å². The van der Waals surface area contributed by atoms with E-state index in [1.807, 2.05) is 18.3 Å². The minimum absolute atomic E-state index is 0.0862. The van der Waals surface area contributed by atoms with E-state index in [4.69, 9.17) is 14.7 Å². The van der Waals surface area contributed by atoms with E-state index in [9.17, 15) is 15.0 Å². The lowest BCUT2D eigenvalue weighted by molar-refractivity contribution is 0.0363. The minimum Gasteiger partial charge on any atom is -0.494 e. The Bertz CT molecular complexity index is 1610.